The molecule has 1 atom stereocenters. The molecule has 1 heterocycles. The molecule has 0 aromatic carbocycles. The first kappa shape index (κ1) is 14.5. The van der Waals surface area contributed by atoms with Crippen LogP contribution in [0.2, 0.25) is 0 Å². The molecule has 6 nitrogen and oxygen atoms in total. The maximum Gasteiger partial charge on any atom is 0.331 e. The molecule has 18 heavy (non-hydrogen) atoms. The molecule has 0 amide bonds. The zero-order valence-corrected chi connectivity index (χ0v) is 11.1. The number of nitrogen functional groups attached to an aromatic ring is 1. The summed E-state index contributed by atoms with van der Waals surface area (Å²) in [5, 5.41) is 9.79. The summed E-state index contributed by atoms with van der Waals surface area (Å²) in [5.74, 6) is -0.0302. The maximum absolute atomic E-state index is 12.0. The lowest BCUT2D eigenvalue weighted by molar-refractivity contribution is 0.104. The van der Waals surface area contributed by atoms with Crippen LogP contribution in [0.25, 0.3) is 0 Å². The molecule has 3 N–H and O–H groups in total. The Hall–Kier alpha value is -1.56. The predicted octanol–water partition coefficient (Wildman–Crippen LogP) is 0.0191. The van der Waals surface area contributed by atoms with Crippen molar-refractivity contribution in [1.29, 1.82) is 0 Å². The number of aliphatic hydroxyl groups is 1. The summed E-state index contributed by atoms with van der Waals surface area (Å²) in [5.41, 5.74) is 4.67. The smallest absolute Gasteiger partial charge is 0.331 e. The number of nitrogens with two attached hydrogens (primary N) is 1. The molecule has 6 heteroatoms. The van der Waals surface area contributed by atoms with E-state index in [1.807, 2.05) is 20.8 Å². The zero-order chi connectivity index (χ0) is 13.9. The Labute approximate surface area is 106 Å². The van der Waals surface area contributed by atoms with Gasteiger partial charge < -0.3 is 10.8 Å². The molecule has 1 aromatic heterocycles. The summed E-state index contributed by atoms with van der Waals surface area (Å²) in [4.78, 5) is 23.9. The van der Waals surface area contributed by atoms with Gasteiger partial charge in [-0.15, -0.1) is 0 Å². The molecule has 0 saturated carbocycles. The molecule has 0 aliphatic carbocycles. The Kier molecular flexibility index (Phi) is 4.72. The average Bonchev–Trinajstić information content (AvgIpc) is 2.31. The molecule has 102 valence electrons. The van der Waals surface area contributed by atoms with E-state index in [1.54, 1.807) is 0 Å². The fourth-order valence-electron chi connectivity index (χ4n) is 1.64. The second kappa shape index (κ2) is 5.86. The molecule has 1 unspecified atom stereocenters. The number of hydrogen-bond donors (Lipinski definition) is 2. The van der Waals surface area contributed by atoms with E-state index in [0.29, 0.717) is 6.54 Å². The minimum Gasteiger partial charge on any atom is -0.393 e. The largest absolute Gasteiger partial charge is 0.393 e. The number of hydrogen-bond acceptors (Lipinski definition) is 4. The van der Waals surface area contributed by atoms with E-state index >= 15 is 0 Å². The lowest BCUT2D eigenvalue weighted by atomic mass is 10.1. The molecule has 0 saturated heterocycles. The third kappa shape index (κ3) is 3.01. The van der Waals surface area contributed by atoms with Gasteiger partial charge in [0, 0.05) is 12.7 Å². The van der Waals surface area contributed by atoms with Crippen LogP contribution in [-0.2, 0) is 13.1 Å². The number of aliphatic hydroxyl groups excluding tert-OH is 1. The van der Waals surface area contributed by atoms with Crippen LogP contribution in [0.15, 0.2) is 15.8 Å². The summed E-state index contributed by atoms with van der Waals surface area (Å²) < 4.78 is 2.42. The highest BCUT2D eigenvalue weighted by atomic mass is 16.3. The maximum atomic E-state index is 12.0. The second-order valence-electron chi connectivity index (χ2n) is 4.79. The van der Waals surface area contributed by atoms with Crippen LogP contribution in [0.5, 0.6) is 0 Å². The molecular formula is C12H21N3O3. The van der Waals surface area contributed by atoms with Crippen molar-refractivity contribution in [1.82, 2.24) is 9.13 Å². The van der Waals surface area contributed by atoms with Crippen molar-refractivity contribution in [2.24, 2.45) is 5.92 Å². The highest BCUT2D eigenvalue weighted by Crippen LogP contribution is 2.02. The molecule has 0 aliphatic heterocycles. The Morgan fingerprint density at radius 1 is 1.39 bits per heavy atom. The first-order chi connectivity index (χ1) is 8.38. The van der Waals surface area contributed by atoms with Gasteiger partial charge in [-0.2, -0.15) is 0 Å². The molecule has 1 rings (SSSR count). The van der Waals surface area contributed by atoms with Gasteiger partial charge in [0.15, 0.2) is 0 Å². The lowest BCUT2D eigenvalue weighted by Gasteiger charge is -2.17. The number of aromatic nitrogens is 2. The van der Waals surface area contributed by atoms with Crippen molar-refractivity contribution in [2.45, 2.75) is 46.4 Å². The Bertz CT molecular complexity index is 516. The highest BCUT2D eigenvalue weighted by molar-refractivity contribution is 5.30. The van der Waals surface area contributed by atoms with Crippen molar-refractivity contribution >= 4 is 5.69 Å². The first-order valence-corrected chi connectivity index (χ1v) is 6.16. The Morgan fingerprint density at radius 3 is 2.50 bits per heavy atom. The van der Waals surface area contributed by atoms with Crippen molar-refractivity contribution < 1.29 is 5.11 Å². The van der Waals surface area contributed by atoms with Crippen LogP contribution >= 0.6 is 0 Å². The van der Waals surface area contributed by atoms with E-state index in [-0.39, 0.29) is 18.2 Å². The van der Waals surface area contributed by atoms with Gasteiger partial charge in [0.2, 0.25) is 0 Å². The van der Waals surface area contributed by atoms with Crippen LogP contribution in [0.4, 0.5) is 5.69 Å². The topological polar surface area (TPSA) is 90.2 Å². The Balaban J connectivity index is 3.25. The minimum atomic E-state index is -0.743. The van der Waals surface area contributed by atoms with Gasteiger partial charge in [-0.1, -0.05) is 20.8 Å². The summed E-state index contributed by atoms with van der Waals surface area (Å²) in [6.07, 6.45) is 1.39. The number of rotatable bonds is 5. The molecule has 1 aromatic rings. The van der Waals surface area contributed by atoms with Crippen LogP contribution in [0.3, 0.4) is 0 Å². The molecule has 0 radical (unpaired) electrons. The van der Waals surface area contributed by atoms with Crippen LogP contribution in [-0.4, -0.2) is 20.3 Å². The van der Waals surface area contributed by atoms with E-state index in [1.165, 1.54) is 10.8 Å². The van der Waals surface area contributed by atoms with Gasteiger partial charge in [-0.05, 0) is 12.3 Å². The number of aryl methyl sites for hydroxylation is 1. The van der Waals surface area contributed by atoms with Gasteiger partial charge in [-0.25, -0.2) is 4.79 Å². The van der Waals surface area contributed by atoms with Gasteiger partial charge in [-0.3, -0.25) is 13.9 Å². The zero-order valence-electron chi connectivity index (χ0n) is 11.1. The van der Waals surface area contributed by atoms with Crippen LogP contribution < -0.4 is 17.0 Å². The van der Waals surface area contributed by atoms with E-state index in [0.717, 1.165) is 11.0 Å². The normalized spacial score (nSPS) is 12.9. The molecule has 0 aliphatic rings. The first-order valence-electron chi connectivity index (χ1n) is 6.16. The fourth-order valence-corrected chi connectivity index (χ4v) is 1.64. The van der Waals surface area contributed by atoms with E-state index in [9.17, 15) is 14.7 Å². The van der Waals surface area contributed by atoms with E-state index < -0.39 is 17.4 Å². The minimum absolute atomic E-state index is 0.0237. The quantitative estimate of drug-likeness (QED) is 0.776. The van der Waals surface area contributed by atoms with Crippen molar-refractivity contribution in [3.05, 3.63) is 27.0 Å². The van der Waals surface area contributed by atoms with Gasteiger partial charge in [0.1, 0.15) is 5.69 Å². The standard InChI is InChI=1S/C12H21N3O3/c1-4-5-14-6-9(13)11(17)15(12(14)18)7-10(16)8(2)3/h6,8,10,16H,4-5,7,13H2,1-3H3. The third-order valence-electron chi connectivity index (χ3n) is 2.87. The van der Waals surface area contributed by atoms with Crippen LogP contribution in [0, 0.1) is 5.92 Å². The monoisotopic (exact) mass is 255 g/mol. The summed E-state index contributed by atoms with van der Waals surface area (Å²) in [6.45, 7) is 6.06. The van der Waals surface area contributed by atoms with Crippen molar-refractivity contribution in [3.63, 3.8) is 0 Å². The molecule has 0 fully saturated rings. The van der Waals surface area contributed by atoms with Crippen molar-refractivity contribution in [2.75, 3.05) is 5.73 Å². The van der Waals surface area contributed by atoms with E-state index in [2.05, 4.69) is 0 Å². The number of nitrogens with zero attached hydrogens (tertiary/aromatic N) is 2. The average molecular weight is 255 g/mol. The summed E-state index contributed by atoms with van der Waals surface area (Å²) in [6, 6.07) is 0. The van der Waals surface area contributed by atoms with Crippen LogP contribution in [0.1, 0.15) is 27.2 Å². The fraction of sp³-hybridized carbons (Fsp3) is 0.667. The van der Waals surface area contributed by atoms with Gasteiger partial charge in [0.25, 0.3) is 5.56 Å². The lowest BCUT2D eigenvalue weighted by Crippen LogP contribution is -2.43. The second-order valence-corrected chi connectivity index (χ2v) is 4.79. The van der Waals surface area contributed by atoms with Gasteiger partial charge in [0.05, 0.1) is 12.6 Å². The molecular weight excluding hydrogens is 234 g/mol. The Morgan fingerprint density at radius 2 is 2.00 bits per heavy atom. The third-order valence-corrected chi connectivity index (χ3v) is 2.87. The van der Waals surface area contributed by atoms with E-state index in [4.69, 9.17) is 5.73 Å². The molecule has 0 spiro atoms. The SMILES string of the molecule is CCCn1cc(N)c(=O)n(CC(O)C(C)C)c1=O. The van der Waals surface area contributed by atoms with Gasteiger partial charge >= 0.3 is 5.69 Å². The predicted molar refractivity (Wildman–Crippen MR) is 70.5 cm³/mol. The summed E-state index contributed by atoms with van der Waals surface area (Å²) >= 11 is 0. The van der Waals surface area contributed by atoms with Crippen molar-refractivity contribution in [3.8, 4) is 0 Å². The number of anilines is 1. The summed E-state index contributed by atoms with van der Waals surface area (Å²) in [7, 11) is 0. The molecule has 0 bridgehead atoms. The highest BCUT2D eigenvalue weighted by Gasteiger charge is 2.15.